The van der Waals surface area contributed by atoms with Gasteiger partial charge in [0.1, 0.15) is 0 Å². The van der Waals surface area contributed by atoms with E-state index < -0.39 is 0 Å². The van der Waals surface area contributed by atoms with E-state index in [1.807, 2.05) is 0 Å². The third-order valence-electron chi connectivity index (χ3n) is 2.37. The normalized spacial score (nSPS) is 10.7. The van der Waals surface area contributed by atoms with Crippen LogP contribution >= 0.6 is 0 Å². The van der Waals surface area contributed by atoms with E-state index in [1.165, 1.54) is 16.3 Å². The lowest BCUT2D eigenvalue weighted by Gasteiger charge is -2.05. The zero-order valence-electron chi connectivity index (χ0n) is 8.53. The second kappa shape index (κ2) is 4.89. The van der Waals surface area contributed by atoms with Gasteiger partial charge in [0, 0.05) is 6.54 Å². The van der Waals surface area contributed by atoms with E-state index in [4.69, 9.17) is 5.84 Å². The molecule has 0 amide bonds. The molecule has 3 nitrogen and oxygen atoms in total. The lowest BCUT2D eigenvalue weighted by Crippen LogP contribution is -2.33. The fourth-order valence-corrected chi connectivity index (χ4v) is 1.63. The Hall–Kier alpha value is -1.42. The van der Waals surface area contributed by atoms with Crippen molar-refractivity contribution in [2.75, 3.05) is 6.67 Å². The molecule has 2 aromatic rings. The summed E-state index contributed by atoms with van der Waals surface area (Å²) in [4.78, 5) is 0. The van der Waals surface area contributed by atoms with Gasteiger partial charge in [0.05, 0.1) is 6.67 Å². The highest BCUT2D eigenvalue weighted by Gasteiger charge is 1.95. The summed E-state index contributed by atoms with van der Waals surface area (Å²) in [5.41, 5.74) is 3.83. The SMILES string of the molecule is NNCNCc1ccc2ccccc2c1. The molecule has 0 bridgehead atoms. The Morgan fingerprint density at radius 3 is 2.60 bits per heavy atom. The minimum absolute atomic E-state index is 0.618. The van der Waals surface area contributed by atoms with Crippen LogP contribution in [-0.4, -0.2) is 6.67 Å². The van der Waals surface area contributed by atoms with Crippen LogP contribution in [0.5, 0.6) is 0 Å². The molecule has 0 spiro atoms. The van der Waals surface area contributed by atoms with Crippen LogP contribution in [0.25, 0.3) is 10.8 Å². The first kappa shape index (κ1) is 10.1. The summed E-state index contributed by atoms with van der Waals surface area (Å²) in [7, 11) is 0. The van der Waals surface area contributed by atoms with Crippen molar-refractivity contribution in [2.45, 2.75) is 6.54 Å². The molecule has 0 fully saturated rings. The molecule has 0 aliphatic carbocycles. The Morgan fingerprint density at radius 1 is 1.00 bits per heavy atom. The monoisotopic (exact) mass is 201 g/mol. The highest BCUT2D eigenvalue weighted by atomic mass is 15.3. The summed E-state index contributed by atoms with van der Waals surface area (Å²) in [5.74, 6) is 5.17. The molecule has 0 heterocycles. The zero-order chi connectivity index (χ0) is 10.5. The van der Waals surface area contributed by atoms with Gasteiger partial charge >= 0.3 is 0 Å². The molecule has 0 aliphatic heterocycles. The fourth-order valence-electron chi connectivity index (χ4n) is 1.63. The van der Waals surface area contributed by atoms with Crippen LogP contribution in [0.3, 0.4) is 0 Å². The van der Waals surface area contributed by atoms with Crippen molar-refractivity contribution < 1.29 is 0 Å². The van der Waals surface area contributed by atoms with E-state index in [9.17, 15) is 0 Å². The van der Waals surface area contributed by atoms with Gasteiger partial charge in [-0.15, -0.1) is 0 Å². The van der Waals surface area contributed by atoms with Crippen LogP contribution < -0.4 is 16.6 Å². The fraction of sp³-hybridized carbons (Fsp3) is 0.167. The summed E-state index contributed by atoms with van der Waals surface area (Å²) in [6, 6.07) is 14.8. The maximum Gasteiger partial charge on any atom is 0.0590 e. The predicted molar refractivity (Wildman–Crippen MR) is 63.0 cm³/mol. The molecule has 4 N–H and O–H groups in total. The third-order valence-corrected chi connectivity index (χ3v) is 2.37. The van der Waals surface area contributed by atoms with Crippen molar-refractivity contribution in [1.82, 2.24) is 10.7 Å². The van der Waals surface area contributed by atoms with Crippen molar-refractivity contribution in [3.8, 4) is 0 Å². The van der Waals surface area contributed by atoms with Crippen molar-refractivity contribution in [2.24, 2.45) is 5.84 Å². The molecule has 0 saturated carbocycles. The number of hydrogen-bond donors (Lipinski definition) is 3. The van der Waals surface area contributed by atoms with E-state index in [2.05, 4.69) is 53.2 Å². The molecule has 0 aromatic heterocycles. The number of nitrogens with two attached hydrogens (primary N) is 1. The van der Waals surface area contributed by atoms with Crippen LogP contribution in [-0.2, 0) is 6.54 Å². The molecule has 0 atom stereocenters. The summed E-state index contributed by atoms with van der Waals surface area (Å²) < 4.78 is 0. The van der Waals surface area contributed by atoms with Gasteiger partial charge in [0.25, 0.3) is 0 Å². The van der Waals surface area contributed by atoms with E-state index in [-0.39, 0.29) is 0 Å². The van der Waals surface area contributed by atoms with Crippen LogP contribution in [0.1, 0.15) is 5.56 Å². The van der Waals surface area contributed by atoms with Gasteiger partial charge in [-0.05, 0) is 22.4 Å². The Labute approximate surface area is 89.3 Å². The van der Waals surface area contributed by atoms with Crippen molar-refractivity contribution in [3.05, 3.63) is 48.0 Å². The molecule has 0 unspecified atom stereocenters. The van der Waals surface area contributed by atoms with Gasteiger partial charge in [0.2, 0.25) is 0 Å². The van der Waals surface area contributed by atoms with Gasteiger partial charge in [-0.3, -0.25) is 11.2 Å². The van der Waals surface area contributed by atoms with E-state index >= 15 is 0 Å². The van der Waals surface area contributed by atoms with Gasteiger partial charge in [-0.1, -0.05) is 36.4 Å². The zero-order valence-corrected chi connectivity index (χ0v) is 8.53. The average molecular weight is 201 g/mol. The number of fused-ring (bicyclic) bond motifs is 1. The summed E-state index contributed by atoms with van der Waals surface area (Å²) in [6.45, 7) is 1.45. The standard InChI is InChI=1S/C12H15N3/c13-15-9-14-8-10-5-6-11-3-1-2-4-12(11)7-10/h1-7,14-15H,8-9,13H2. The Morgan fingerprint density at radius 2 is 1.80 bits per heavy atom. The number of hydrogen-bond acceptors (Lipinski definition) is 3. The maximum absolute atomic E-state index is 5.17. The van der Waals surface area contributed by atoms with Crippen LogP contribution in [0.15, 0.2) is 42.5 Å². The average Bonchev–Trinajstić information content (AvgIpc) is 2.29. The van der Waals surface area contributed by atoms with Gasteiger partial charge in [0.15, 0.2) is 0 Å². The second-order valence-electron chi connectivity index (χ2n) is 3.49. The molecule has 2 rings (SSSR count). The Kier molecular flexibility index (Phi) is 3.29. The highest BCUT2D eigenvalue weighted by Crippen LogP contribution is 2.15. The van der Waals surface area contributed by atoms with Crippen LogP contribution in [0, 0.1) is 0 Å². The molecule has 0 radical (unpaired) electrons. The molecule has 3 heteroatoms. The summed E-state index contributed by atoms with van der Waals surface area (Å²) in [5, 5.41) is 5.73. The Bertz CT molecular complexity index is 440. The highest BCUT2D eigenvalue weighted by molar-refractivity contribution is 5.82. The molecule has 0 saturated heterocycles. The molecule has 2 aromatic carbocycles. The van der Waals surface area contributed by atoms with E-state index in [1.54, 1.807) is 0 Å². The van der Waals surface area contributed by atoms with Crippen molar-refractivity contribution in [1.29, 1.82) is 0 Å². The summed E-state index contributed by atoms with van der Waals surface area (Å²) >= 11 is 0. The number of benzene rings is 2. The number of nitrogens with one attached hydrogen (secondary N) is 2. The quantitative estimate of drug-likeness (QED) is 0.303. The minimum Gasteiger partial charge on any atom is -0.299 e. The molecule has 78 valence electrons. The second-order valence-corrected chi connectivity index (χ2v) is 3.49. The van der Waals surface area contributed by atoms with Gasteiger partial charge in [-0.25, -0.2) is 5.43 Å². The predicted octanol–water partition coefficient (Wildman–Crippen LogP) is 1.35. The lowest BCUT2D eigenvalue weighted by molar-refractivity contribution is 0.601. The van der Waals surface area contributed by atoms with E-state index in [0.717, 1.165) is 6.54 Å². The third kappa shape index (κ3) is 2.53. The molecule has 0 aliphatic rings. The topological polar surface area (TPSA) is 50.1 Å². The molecular formula is C12H15N3. The first-order valence-electron chi connectivity index (χ1n) is 5.02. The summed E-state index contributed by atoms with van der Waals surface area (Å²) in [6.07, 6.45) is 0. The number of hydrazine groups is 1. The van der Waals surface area contributed by atoms with E-state index in [0.29, 0.717) is 6.67 Å². The van der Waals surface area contributed by atoms with Crippen LogP contribution in [0.2, 0.25) is 0 Å². The maximum atomic E-state index is 5.17. The van der Waals surface area contributed by atoms with Gasteiger partial charge < -0.3 is 0 Å². The smallest absolute Gasteiger partial charge is 0.0590 e. The first-order valence-corrected chi connectivity index (χ1v) is 5.02. The largest absolute Gasteiger partial charge is 0.299 e. The molecule has 15 heavy (non-hydrogen) atoms. The minimum atomic E-state index is 0.618. The van der Waals surface area contributed by atoms with Crippen molar-refractivity contribution >= 4 is 10.8 Å². The Balaban J connectivity index is 2.16. The first-order chi connectivity index (χ1) is 7.40. The molecular weight excluding hydrogens is 186 g/mol. The van der Waals surface area contributed by atoms with Crippen LogP contribution in [0.4, 0.5) is 0 Å². The lowest BCUT2D eigenvalue weighted by atomic mass is 10.1. The van der Waals surface area contributed by atoms with Gasteiger partial charge in [-0.2, -0.15) is 0 Å². The van der Waals surface area contributed by atoms with Crippen molar-refractivity contribution in [3.63, 3.8) is 0 Å². The number of rotatable bonds is 4.